The highest BCUT2D eigenvalue weighted by Gasteiger charge is 2.31. The first-order valence-electron chi connectivity index (χ1n) is 7.38. The summed E-state index contributed by atoms with van der Waals surface area (Å²) in [5, 5.41) is 2.12. The highest BCUT2D eigenvalue weighted by molar-refractivity contribution is 7.10. The fourth-order valence-electron chi connectivity index (χ4n) is 2.94. The minimum absolute atomic E-state index is 0.00962. The maximum absolute atomic E-state index is 12.5. The van der Waals surface area contributed by atoms with Crippen LogP contribution in [-0.2, 0) is 11.2 Å². The molecule has 3 rings (SSSR count). The lowest BCUT2D eigenvalue weighted by Gasteiger charge is -2.35. The molecule has 4 heteroatoms. The van der Waals surface area contributed by atoms with E-state index < -0.39 is 0 Å². The number of hydrogen-bond donors (Lipinski definition) is 0. The van der Waals surface area contributed by atoms with Crippen molar-refractivity contribution in [2.24, 2.45) is 0 Å². The summed E-state index contributed by atoms with van der Waals surface area (Å²) < 4.78 is 5.23. The molecule has 1 aliphatic rings. The Hall–Kier alpha value is -2.07. The van der Waals surface area contributed by atoms with Crippen LogP contribution in [0.3, 0.4) is 0 Å². The molecular weight excluding hydrogens is 294 g/mol. The second kappa shape index (κ2) is 6.36. The average Bonchev–Trinajstić information content (AvgIpc) is 3.03. The number of methoxy groups -OCH3 is 1. The Bertz CT molecular complexity index is 687. The van der Waals surface area contributed by atoms with Crippen LogP contribution in [0.5, 0.6) is 5.75 Å². The van der Waals surface area contributed by atoms with E-state index in [1.807, 2.05) is 36.1 Å². The van der Waals surface area contributed by atoms with Crippen molar-refractivity contribution in [2.75, 3.05) is 13.7 Å². The molecule has 1 atom stereocenters. The summed E-state index contributed by atoms with van der Waals surface area (Å²) in [5.41, 5.74) is 2.37. The molecule has 1 aromatic heterocycles. The van der Waals surface area contributed by atoms with E-state index in [2.05, 4.69) is 11.4 Å². The van der Waals surface area contributed by atoms with Crippen LogP contribution in [-0.4, -0.2) is 24.5 Å². The second-order valence-electron chi connectivity index (χ2n) is 5.26. The van der Waals surface area contributed by atoms with Gasteiger partial charge in [-0.15, -0.1) is 11.3 Å². The van der Waals surface area contributed by atoms with Crippen LogP contribution in [0.2, 0.25) is 0 Å². The molecule has 0 fully saturated rings. The lowest BCUT2D eigenvalue weighted by molar-refractivity contribution is -0.128. The molecule has 0 N–H and O–H groups in total. The zero-order valence-corrected chi connectivity index (χ0v) is 13.6. The number of ether oxygens (including phenoxy) is 1. The first-order chi connectivity index (χ1) is 10.7. The monoisotopic (exact) mass is 313 g/mol. The largest absolute Gasteiger partial charge is 0.497 e. The fourth-order valence-corrected chi connectivity index (χ4v) is 3.84. The summed E-state index contributed by atoms with van der Waals surface area (Å²) in [6.07, 6.45) is 4.38. The Kier molecular flexibility index (Phi) is 4.29. The Morgan fingerprint density at radius 3 is 2.77 bits per heavy atom. The van der Waals surface area contributed by atoms with Gasteiger partial charge in [-0.2, -0.15) is 0 Å². The van der Waals surface area contributed by atoms with Crippen molar-refractivity contribution >= 4 is 17.2 Å². The Balaban J connectivity index is 2.03. The van der Waals surface area contributed by atoms with Crippen LogP contribution in [0.25, 0.3) is 0 Å². The summed E-state index contributed by atoms with van der Waals surface area (Å²) in [7, 11) is 1.66. The average molecular weight is 313 g/mol. The van der Waals surface area contributed by atoms with E-state index in [-0.39, 0.29) is 11.9 Å². The summed E-state index contributed by atoms with van der Waals surface area (Å²) in [4.78, 5) is 15.8. The minimum atomic E-state index is -0.00962. The van der Waals surface area contributed by atoms with Crippen LogP contribution < -0.4 is 4.74 Å². The SMILES string of the molecule is CC=CC(=O)N1CCc2sccc2C1c1ccc(OC)cc1. The highest BCUT2D eigenvalue weighted by atomic mass is 32.1. The number of rotatable bonds is 3. The van der Waals surface area contributed by atoms with Gasteiger partial charge in [-0.05, 0) is 54.1 Å². The second-order valence-corrected chi connectivity index (χ2v) is 6.26. The van der Waals surface area contributed by atoms with E-state index in [0.29, 0.717) is 0 Å². The molecule has 0 spiro atoms. The molecule has 22 heavy (non-hydrogen) atoms. The number of amides is 1. The number of thiophene rings is 1. The number of allylic oxidation sites excluding steroid dienone is 1. The molecule has 0 aliphatic carbocycles. The van der Waals surface area contributed by atoms with Crippen molar-refractivity contribution < 1.29 is 9.53 Å². The maximum Gasteiger partial charge on any atom is 0.247 e. The lowest BCUT2D eigenvalue weighted by atomic mass is 9.93. The normalized spacial score (nSPS) is 17.5. The third-order valence-electron chi connectivity index (χ3n) is 3.99. The van der Waals surface area contributed by atoms with Crippen molar-refractivity contribution in [3.8, 4) is 5.75 Å². The van der Waals surface area contributed by atoms with Gasteiger partial charge in [0.15, 0.2) is 0 Å². The van der Waals surface area contributed by atoms with Crippen LogP contribution in [0.1, 0.15) is 29.0 Å². The van der Waals surface area contributed by atoms with E-state index in [9.17, 15) is 4.79 Å². The Morgan fingerprint density at radius 2 is 2.09 bits per heavy atom. The van der Waals surface area contributed by atoms with Crippen molar-refractivity contribution in [3.63, 3.8) is 0 Å². The van der Waals surface area contributed by atoms with Crippen LogP contribution in [0.4, 0.5) is 0 Å². The third kappa shape index (κ3) is 2.66. The van der Waals surface area contributed by atoms with Crippen LogP contribution >= 0.6 is 11.3 Å². The van der Waals surface area contributed by atoms with Gasteiger partial charge in [0.1, 0.15) is 5.75 Å². The van der Waals surface area contributed by atoms with E-state index in [0.717, 1.165) is 24.3 Å². The lowest BCUT2D eigenvalue weighted by Crippen LogP contribution is -2.39. The van der Waals surface area contributed by atoms with Gasteiger partial charge in [0.2, 0.25) is 5.91 Å². The van der Waals surface area contributed by atoms with Gasteiger partial charge in [0, 0.05) is 11.4 Å². The topological polar surface area (TPSA) is 29.5 Å². The quantitative estimate of drug-likeness (QED) is 0.807. The van der Waals surface area contributed by atoms with E-state index in [4.69, 9.17) is 4.74 Å². The van der Waals surface area contributed by atoms with Crippen molar-refractivity contribution in [2.45, 2.75) is 19.4 Å². The highest BCUT2D eigenvalue weighted by Crippen LogP contribution is 2.38. The molecule has 2 aromatic rings. The standard InChI is InChI=1S/C18H19NO2S/c1-3-4-17(20)19-11-9-16-15(10-12-22-16)18(19)13-5-7-14(21-2)8-6-13/h3-8,10,12,18H,9,11H2,1-2H3. The summed E-state index contributed by atoms with van der Waals surface area (Å²) in [5.74, 6) is 0.900. The van der Waals surface area contributed by atoms with Gasteiger partial charge in [-0.1, -0.05) is 18.2 Å². The molecule has 114 valence electrons. The van der Waals surface area contributed by atoms with Gasteiger partial charge in [-0.25, -0.2) is 0 Å². The zero-order chi connectivity index (χ0) is 15.5. The molecule has 0 bridgehead atoms. The van der Waals surface area contributed by atoms with Gasteiger partial charge in [0.25, 0.3) is 0 Å². The summed E-state index contributed by atoms with van der Waals surface area (Å²) in [6, 6.07) is 10.1. The first kappa shape index (κ1) is 14.9. The molecule has 1 aliphatic heterocycles. The van der Waals surface area contributed by atoms with Gasteiger partial charge >= 0.3 is 0 Å². The van der Waals surface area contributed by atoms with Crippen molar-refractivity contribution in [3.05, 3.63) is 63.9 Å². The smallest absolute Gasteiger partial charge is 0.247 e. The molecule has 1 amide bonds. The molecule has 0 radical (unpaired) electrons. The van der Waals surface area contributed by atoms with E-state index in [1.165, 1.54) is 10.4 Å². The maximum atomic E-state index is 12.5. The molecule has 1 aromatic carbocycles. The molecule has 1 unspecified atom stereocenters. The van der Waals surface area contributed by atoms with Crippen molar-refractivity contribution in [1.82, 2.24) is 4.90 Å². The number of carbonyl (C=O) groups is 1. The Morgan fingerprint density at radius 1 is 1.32 bits per heavy atom. The predicted molar refractivity (Wildman–Crippen MR) is 89.4 cm³/mol. The number of fused-ring (bicyclic) bond motifs is 1. The first-order valence-corrected chi connectivity index (χ1v) is 8.26. The molecule has 2 heterocycles. The number of benzene rings is 1. The Labute approximate surface area is 134 Å². The number of nitrogens with zero attached hydrogens (tertiary/aromatic N) is 1. The molecule has 0 saturated heterocycles. The molecular formula is C18H19NO2S. The van der Waals surface area contributed by atoms with Crippen LogP contribution in [0, 0.1) is 0 Å². The number of hydrogen-bond acceptors (Lipinski definition) is 3. The third-order valence-corrected chi connectivity index (χ3v) is 4.99. The molecule has 3 nitrogen and oxygen atoms in total. The van der Waals surface area contributed by atoms with Crippen molar-refractivity contribution in [1.29, 1.82) is 0 Å². The zero-order valence-electron chi connectivity index (χ0n) is 12.8. The summed E-state index contributed by atoms with van der Waals surface area (Å²) in [6.45, 7) is 2.63. The van der Waals surface area contributed by atoms with Gasteiger partial charge in [0.05, 0.1) is 13.2 Å². The van der Waals surface area contributed by atoms with E-state index in [1.54, 1.807) is 30.6 Å². The molecule has 0 saturated carbocycles. The predicted octanol–water partition coefficient (Wildman–Crippen LogP) is 3.81. The van der Waals surface area contributed by atoms with Crippen LogP contribution in [0.15, 0.2) is 47.9 Å². The minimum Gasteiger partial charge on any atom is -0.497 e. The number of carbonyl (C=O) groups excluding carboxylic acids is 1. The fraction of sp³-hybridized carbons (Fsp3) is 0.278. The van der Waals surface area contributed by atoms with Gasteiger partial charge in [-0.3, -0.25) is 4.79 Å². The van der Waals surface area contributed by atoms with Gasteiger partial charge < -0.3 is 9.64 Å². The summed E-state index contributed by atoms with van der Waals surface area (Å²) >= 11 is 1.78. The van der Waals surface area contributed by atoms with E-state index >= 15 is 0 Å².